The van der Waals surface area contributed by atoms with Gasteiger partial charge in [-0.25, -0.2) is 0 Å². The Bertz CT molecular complexity index is 293. The summed E-state index contributed by atoms with van der Waals surface area (Å²) >= 11 is 0. The van der Waals surface area contributed by atoms with Crippen molar-refractivity contribution in [2.45, 2.75) is 65.5 Å². The van der Waals surface area contributed by atoms with Gasteiger partial charge in [0.2, 0.25) is 0 Å². The molecule has 1 aliphatic rings. The Balaban J connectivity index is 2.36. The molecular weight excluding hydrogens is 254 g/mol. The fraction of sp³-hybridized carbons (Fsp3) is 0.938. The van der Waals surface area contributed by atoms with E-state index in [1.807, 2.05) is 0 Å². The van der Waals surface area contributed by atoms with Crippen molar-refractivity contribution in [3.8, 4) is 0 Å². The molecule has 0 heterocycles. The molecule has 1 aliphatic carbocycles. The number of hydrogen-bond donors (Lipinski definition) is 1. The van der Waals surface area contributed by atoms with Crippen molar-refractivity contribution in [3.05, 3.63) is 0 Å². The molecule has 118 valence electrons. The van der Waals surface area contributed by atoms with Crippen LogP contribution >= 0.6 is 0 Å². The maximum Gasteiger partial charge on any atom is 0.322 e. The number of carbonyl (C=O) groups excluding carboxylic acids is 1. The van der Waals surface area contributed by atoms with Crippen LogP contribution in [0.15, 0.2) is 0 Å². The molecular formula is C16H31NO3. The highest BCUT2D eigenvalue weighted by atomic mass is 16.5. The first-order valence-corrected chi connectivity index (χ1v) is 7.99. The van der Waals surface area contributed by atoms with E-state index in [9.17, 15) is 4.79 Å². The van der Waals surface area contributed by atoms with Gasteiger partial charge in [-0.15, -0.1) is 0 Å². The van der Waals surface area contributed by atoms with E-state index in [0.29, 0.717) is 37.6 Å². The van der Waals surface area contributed by atoms with Crippen LogP contribution < -0.4 is 5.73 Å². The van der Waals surface area contributed by atoms with Crippen molar-refractivity contribution in [2.24, 2.45) is 23.5 Å². The largest absolute Gasteiger partial charge is 0.465 e. The minimum Gasteiger partial charge on any atom is -0.465 e. The summed E-state index contributed by atoms with van der Waals surface area (Å²) in [6.07, 6.45) is 4.51. The molecule has 4 heteroatoms. The normalized spacial score (nSPS) is 28.4. The molecule has 4 atom stereocenters. The lowest BCUT2D eigenvalue weighted by atomic mass is 9.75. The SMILES string of the molecule is CCOC(=O)C(N)CCOC1CC(C)CCC1C(C)C. The summed E-state index contributed by atoms with van der Waals surface area (Å²) < 4.78 is 10.9. The summed E-state index contributed by atoms with van der Waals surface area (Å²) in [6.45, 7) is 9.53. The zero-order valence-electron chi connectivity index (χ0n) is 13.4. The second-order valence-electron chi connectivity index (χ2n) is 6.38. The third kappa shape index (κ3) is 5.41. The van der Waals surface area contributed by atoms with Gasteiger partial charge in [0.25, 0.3) is 0 Å². The van der Waals surface area contributed by atoms with E-state index in [4.69, 9.17) is 15.2 Å². The molecule has 1 saturated carbocycles. The van der Waals surface area contributed by atoms with Crippen molar-refractivity contribution in [1.82, 2.24) is 0 Å². The average molecular weight is 285 g/mol. The zero-order valence-corrected chi connectivity index (χ0v) is 13.4. The van der Waals surface area contributed by atoms with Crippen molar-refractivity contribution < 1.29 is 14.3 Å². The molecule has 4 nitrogen and oxygen atoms in total. The van der Waals surface area contributed by atoms with E-state index in [2.05, 4.69) is 20.8 Å². The summed E-state index contributed by atoms with van der Waals surface area (Å²) in [6, 6.07) is -0.562. The fourth-order valence-electron chi connectivity index (χ4n) is 3.02. The topological polar surface area (TPSA) is 61.5 Å². The lowest BCUT2D eigenvalue weighted by Gasteiger charge is -2.37. The van der Waals surface area contributed by atoms with Gasteiger partial charge in [0.1, 0.15) is 6.04 Å². The molecule has 0 spiro atoms. The Morgan fingerprint density at radius 2 is 2.05 bits per heavy atom. The minimum absolute atomic E-state index is 0.313. The van der Waals surface area contributed by atoms with Gasteiger partial charge >= 0.3 is 5.97 Å². The molecule has 0 bridgehead atoms. The third-order valence-electron chi connectivity index (χ3n) is 4.31. The van der Waals surface area contributed by atoms with Crippen LogP contribution in [0.1, 0.15) is 53.4 Å². The number of ether oxygens (including phenoxy) is 2. The molecule has 1 rings (SSSR count). The highest BCUT2D eigenvalue weighted by Gasteiger charge is 2.31. The third-order valence-corrected chi connectivity index (χ3v) is 4.31. The van der Waals surface area contributed by atoms with Gasteiger partial charge in [-0.1, -0.05) is 27.2 Å². The van der Waals surface area contributed by atoms with Crippen LogP contribution in [0.4, 0.5) is 0 Å². The molecule has 0 radical (unpaired) electrons. The van der Waals surface area contributed by atoms with E-state index in [-0.39, 0.29) is 5.97 Å². The Kier molecular flexibility index (Phi) is 7.52. The van der Waals surface area contributed by atoms with Gasteiger partial charge < -0.3 is 15.2 Å². The number of hydrogen-bond acceptors (Lipinski definition) is 4. The molecule has 0 saturated heterocycles. The zero-order chi connectivity index (χ0) is 15.1. The Morgan fingerprint density at radius 3 is 2.65 bits per heavy atom. The van der Waals surface area contributed by atoms with Gasteiger partial charge in [0.05, 0.1) is 12.7 Å². The van der Waals surface area contributed by atoms with Crippen molar-refractivity contribution in [2.75, 3.05) is 13.2 Å². The van der Waals surface area contributed by atoms with Gasteiger partial charge in [-0.05, 0) is 43.9 Å². The van der Waals surface area contributed by atoms with Crippen LogP contribution in [0, 0.1) is 17.8 Å². The van der Waals surface area contributed by atoms with Crippen LogP contribution in [0.3, 0.4) is 0 Å². The number of nitrogens with two attached hydrogens (primary N) is 1. The molecule has 0 aromatic rings. The van der Waals surface area contributed by atoms with E-state index in [1.54, 1.807) is 6.92 Å². The molecule has 1 fully saturated rings. The van der Waals surface area contributed by atoms with Crippen LogP contribution in [-0.2, 0) is 14.3 Å². The summed E-state index contributed by atoms with van der Waals surface area (Å²) in [5, 5.41) is 0. The smallest absolute Gasteiger partial charge is 0.322 e. The quantitative estimate of drug-likeness (QED) is 0.731. The summed E-state index contributed by atoms with van der Waals surface area (Å²) in [5.41, 5.74) is 5.79. The average Bonchev–Trinajstić information content (AvgIpc) is 2.38. The standard InChI is InChI=1S/C16H31NO3/c1-5-19-16(18)14(17)8-9-20-15-10-12(4)6-7-13(15)11(2)3/h11-15H,5-10,17H2,1-4H3. The van der Waals surface area contributed by atoms with E-state index in [1.165, 1.54) is 12.8 Å². The first-order chi connectivity index (χ1) is 9.45. The van der Waals surface area contributed by atoms with E-state index >= 15 is 0 Å². The number of rotatable bonds is 7. The first-order valence-electron chi connectivity index (χ1n) is 7.99. The van der Waals surface area contributed by atoms with Crippen LogP contribution in [-0.4, -0.2) is 31.3 Å². The highest BCUT2D eigenvalue weighted by Crippen LogP contribution is 2.35. The second-order valence-corrected chi connectivity index (χ2v) is 6.38. The second kappa shape index (κ2) is 8.63. The minimum atomic E-state index is -0.562. The maximum atomic E-state index is 11.4. The lowest BCUT2D eigenvalue weighted by molar-refractivity contribution is -0.145. The predicted molar refractivity (Wildman–Crippen MR) is 80.3 cm³/mol. The van der Waals surface area contributed by atoms with Crippen molar-refractivity contribution in [3.63, 3.8) is 0 Å². The van der Waals surface area contributed by atoms with Crippen LogP contribution in [0.5, 0.6) is 0 Å². The van der Waals surface area contributed by atoms with Crippen LogP contribution in [0.2, 0.25) is 0 Å². The van der Waals surface area contributed by atoms with Gasteiger partial charge in [0.15, 0.2) is 0 Å². The highest BCUT2D eigenvalue weighted by molar-refractivity contribution is 5.75. The molecule has 0 aliphatic heterocycles. The van der Waals surface area contributed by atoms with E-state index < -0.39 is 6.04 Å². The van der Waals surface area contributed by atoms with E-state index in [0.717, 1.165) is 12.3 Å². The number of carbonyl (C=O) groups is 1. The molecule has 20 heavy (non-hydrogen) atoms. The molecule has 2 N–H and O–H groups in total. The summed E-state index contributed by atoms with van der Waals surface area (Å²) in [5.74, 6) is 1.68. The van der Waals surface area contributed by atoms with Crippen LogP contribution in [0.25, 0.3) is 0 Å². The molecule has 0 aromatic carbocycles. The first kappa shape index (κ1) is 17.4. The Hall–Kier alpha value is -0.610. The summed E-state index contributed by atoms with van der Waals surface area (Å²) in [7, 11) is 0. The Labute approximate surface area is 123 Å². The summed E-state index contributed by atoms with van der Waals surface area (Å²) in [4.78, 5) is 11.4. The van der Waals surface area contributed by atoms with Gasteiger partial charge in [-0.3, -0.25) is 4.79 Å². The fourth-order valence-corrected chi connectivity index (χ4v) is 3.02. The molecule has 0 aromatic heterocycles. The lowest BCUT2D eigenvalue weighted by Crippen LogP contribution is -2.37. The molecule has 0 amide bonds. The Morgan fingerprint density at radius 1 is 1.35 bits per heavy atom. The van der Waals surface area contributed by atoms with Crippen molar-refractivity contribution in [1.29, 1.82) is 0 Å². The van der Waals surface area contributed by atoms with Gasteiger partial charge in [-0.2, -0.15) is 0 Å². The predicted octanol–water partition coefficient (Wildman–Crippen LogP) is 2.74. The molecule has 4 unspecified atom stereocenters. The monoisotopic (exact) mass is 285 g/mol. The van der Waals surface area contributed by atoms with Gasteiger partial charge in [0, 0.05) is 6.61 Å². The number of esters is 1. The van der Waals surface area contributed by atoms with Crippen molar-refractivity contribution >= 4 is 5.97 Å². The maximum absolute atomic E-state index is 11.4.